The second-order valence-corrected chi connectivity index (χ2v) is 6.26. The molecule has 112 valence electrons. The fourth-order valence-electron chi connectivity index (χ4n) is 1.95. The smallest absolute Gasteiger partial charge is 0.242 e. The summed E-state index contributed by atoms with van der Waals surface area (Å²) >= 11 is 0. The molecule has 0 spiro atoms. The topological polar surface area (TPSA) is 84.2 Å². The normalized spacial score (nSPS) is 11.3. The second kappa shape index (κ2) is 6.71. The minimum absolute atomic E-state index is 0.231. The minimum Gasteiger partial charge on any atom is -0.354 e. The lowest BCUT2D eigenvalue weighted by Gasteiger charge is -2.13. The van der Waals surface area contributed by atoms with Crippen molar-refractivity contribution in [1.82, 2.24) is 4.72 Å². The molecule has 0 bridgehead atoms. The van der Waals surface area contributed by atoms with Gasteiger partial charge in [-0.05, 0) is 29.8 Å². The molecule has 0 saturated carbocycles. The highest BCUT2D eigenvalue weighted by Gasteiger charge is 2.16. The summed E-state index contributed by atoms with van der Waals surface area (Å²) in [5.41, 5.74) is 7.93. The maximum Gasteiger partial charge on any atom is 0.242 e. The SMILES string of the molecule is CCNS(=O)(=O)c1ccccc1Nc1ccc(CN)cc1. The first-order chi connectivity index (χ1) is 10.1. The maximum absolute atomic E-state index is 12.2. The van der Waals surface area contributed by atoms with Crippen LogP contribution >= 0.6 is 0 Å². The number of nitrogens with two attached hydrogens (primary N) is 1. The lowest BCUT2D eigenvalue weighted by molar-refractivity contribution is 0.584. The van der Waals surface area contributed by atoms with E-state index in [9.17, 15) is 8.42 Å². The highest BCUT2D eigenvalue weighted by Crippen LogP contribution is 2.24. The van der Waals surface area contributed by atoms with Gasteiger partial charge in [0.05, 0.1) is 5.69 Å². The molecule has 0 aliphatic heterocycles. The Labute approximate surface area is 125 Å². The van der Waals surface area contributed by atoms with Gasteiger partial charge in [-0.25, -0.2) is 13.1 Å². The van der Waals surface area contributed by atoms with Crippen molar-refractivity contribution in [3.05, 3.63) is 54.1 Å². The van der Waals surface area contributed by atoms with E-state index in [1.807, 2.05) is 24.3 Å². The van der Waals surface area contributed by atoms with Crippen molar-refractivity contribution in [2.45, 2.75) is 18.4 Å². The number of rotatable bonds is 6. The zero-order valence-corrected chi connectivity index (χ0v) is 12.7. The summed E-state index contributed by atoms with van der Waals surface area (Å²) in [5, 5.41) is 3.13. The molecule has 2 rings (SSSR count). The minimum atomic E-state index is -3.51. The molecule has 0 radical (unpaired) electrons. The molecule has 21 heavy (non-hydrogen) atoms. The Morgan fingerprint density at radius 3 is 2.33 bits per heavy atom. The number of benzene rings is 2. The zero-order chi connectivity index (χ0) is 15.3. The molecule has 0 fully saturated rings. The Balaban J connectivity index is 2.32. The van der Waals surface area contributed by atoms with Gasteiger partial charge in [-0.1, -0.05) is 31.2 Å². The summed E-state index contributed by atoms with van der Waals surface area (Å²) in [4.78, 5) is 0.231. The molecule has 2 aromatic carbocycles. The molecule has 0 aliphatic rings. The molecule has 6 heteroatoms. The third kappa shape index (κ3) is 3.81. The summed E-state index contributed by atoms with van der Waals surface area (Å²) in [7, 11) is -3.51. The van der Waals surface area contributed by atoms with Crippen LogP contribution in [0.25, 0.3) is 0 Å². The van der Waals surface area contributed by atoms with E-state index in [0.29, 0.717) is 18.8 Å². The first-order valence-electron chi connectivity index (χ1n) is 6.71. The number of hydrogen-bond donors (Lipinski definition) is 3. The van der Waals surface area contributed by atoms with Crippen LogP contribution in [0.3, 0.4) is 0 Å². The van der Waals surface area contributed by atoms with Crippen molar-refractivity contribution >= 4 is 21.4 Å². The van der Waals surface area contributed by atoms with E-state index in [0.717, 1.165) is 11.3 Å². The largest absolute Gasteiger partial charge is 0.354 e. The van der Waals surface area contributed by atoms with Crippen LogP contribution in [-0.2, 0) is 16.6 Å². The van der Waals surface area contributed by atoms with Gasteiger partial charge in [-0.15, -0.1) is 0 Å². The van der Waals surface area contributed by atoms with E-state index in [1.165, 1.54) is 0 Å². The van der Waals surface area contributed by atoms with Crippen LogP contribution < -0.4 is 15.8 Å². The van der Waals surface area contributed by atoms with Crippen molar-refractivity contribution in [3.8, 4) is 0 Å². The van der Waals surface area contributed by atoms with Gasteiger partial charge in [0.25, 0.3) is 0 Å². The van der Waals surface area contributed by atoms with Gasteiger partial charge in [0.2, 0.25) is 10.0 Å². The first kappa shape index (κ1) is 15.5. The van der Waals surface area contributed by atoms with E-state index >= 15 is 0 Å². The Hall–Kier alpha value is -1.89. The van der Waals surface area contributed by atoms with Gasteiger partial charge in [0.1, 0.15) is 4.90 Å². The average Bonchev–Trinajstić information content (AvgIpc) is 2.48. The third-order valence-electron chi connectivity index (χ3n) is 2.98. The maximum atomic E-state index is 12.2. The molecule has 0 atom stereocenters. The molecule has 0 aromatic heterocycles. The van der Waals surface area contributed by atoms with E-state index < -0.39 is 10.0 Å². The van der Waals surface area contributed by atoms with Crippen LogP contribution in [0.1, 0.15) is 12.5 Å². The molecule has 0 saturated heterocycles. The Morgan fingerprint density at radius 2 is 1.71 bits per heavy atom. The number of sulfonamides is 1. The van der Waals surface area contributed by atoms with Crippen molar-refractivity contribution in [2.24, 2.45) is 5.73 Å². The van der Waals surface area contributed by atoms with Crippen molar-refractivity contribution in [3.63, 3.8) is 0 Å². The predicted molar refractivity (Wildman–Crippen MR) is 84.9 cm³/mol. The van der Waals surface area contributed by atoms with Gasteiger partial charge >= 0.3 is 0 Å². The summed E-state index contributed by atoms with van der Waals surface area (Å²) in [6.07, 6.45) is 0. The highest BCUT2D eigenvalue weighted by molar-refractivity contribution is 7.89. The van der Waals surface area contributed by atoms with Gasteiger partial charge in [0, 0.05) is 18.8 Å². The second-order valence-electron chi connectivity index (χ2n) is 4.52. The van der Waals surface area contributed by atoms with Crippen LogP contribution in [0.5, 0.6) is 0 Å². The lowest BCUT2D eigenvalue weighted by atomic mass is 10.2. The van der Waals surface area contributed by atoms with Crippen LogP contribution in [0.2, 0.25) is 0 Å². The van der Waals surface area contributed by atoms with Gasteiger partial charge in [-0.2, -0.15) is 0 Å². The number of anilines is 2. The van der Waals surface area contributed by atoms with Crippen LogP contribution in [-0.4, -0.2) is 15.0 Å². The Kier molecular flexibility index (Phi) is 4.95. The molecule has 2 aromatic rings. The zero-order valence-electron chi connectivity index (χ0n) is 11.8. The van der Waals surface area contributed by atoms with E-state index in [1.54, 1.807) is 31.2 Å². The lowest BCUT2D eigenvalue weighted by Crippen LogP contribution is -2.23. The first-order valence-corrected chi connectivity index (χ1v) is 8.20. The van der Waals surface area contributed by atoms with Crippen LogP contribution in [0.4, 0.5) is 11.4 Å². The molecule has 0 amide bonds. The quantitative estimate of drug-likeness (QED) is 0.764. The highest BCUT2D eigenvalue weighted by atomic mass is 32.2. The molecular formula is C15H19N3O2S. The average molecular weight is 305 g/mol. The molecular weight excluding hydrogens is 286 g/mol. The standard InChI is InChI=1S/C15H19N3O2S/c1-2-17-21(19,20)15-6-4-3-5-14(15)18-13-9-7-12(11-16)8-10-13/h3-10,17-18H,2,11,16H2,1H3. The fraction of sp³-hybridized carbons (Fsp3) is 0.200. The molecule has 5 nitrogen and oxygen atoms in total. The summed E-state index contributed by atoms with van der Waals surface area (Å²) < 4.78 is 26.9. The molecule has 0 heterocycles. The number of hydrogen-bond acceptors (Lipinski definition) is 4. The fourth-order valence-corrected chi connectivity index (χ4v) is 3.15. The van der Waals surface area contributed by atoms with Crippen LogP contribution in [0.15, 0.2) is 53.4 Å². The number of nitrogens with one attached hydrogen (secondary N) is 2. The molecule has 0 unspecified atom stereocenters. The van der Waals surface area contributed by atoms with Gasteiger partial charge in [0.15, 0.2) is 0 Å². The van der Waals surface area contributed by atoms with Crippen LogP contribution in [0, 0.1) is 0 Å². The summed E-state index contributed by atoms with van der Waals surface area (Å²) in [6.45, 7) is 2.58. The summed E-state index contributed by atoms with van der Waals surface area (Å²) in [5.74, 6) is 0. The molecule has 4 N–H and O–H groups in total. The summed E-state index contributed by atoms with van der Waals surface area (Å²) in [6, 6.07) is 14.4. The van der Waals surface area contributed by atoms with Crippen molar-refractivity contribution in [2.75, 3.05) is 11.9 Å². The third-order valence-corrected chi connectivity index (χ3v) is 4.58. The predicted octanol–water partition coefficient (Wildman–Crippen LogP) is 2.19. The monoisotopic (exact) mass is 305 g/mol. The van der Waals surface area contributed by atoms with Crippen molar-refractivity contribution < 1.29 is 8.42 Å². The van der Waals surface area contributed by atoms with Crippen molar-refractivity contribution in [1.29, 1.82) is 0 Å². The van der Waals surface area contributed by atoms with Gasteiger partial charge in [-0.3, -0.25) is 0 Å². The molecule has 0 aliphatic carbocycles. The Morgan fingerprint density at radius 1 is 1.05 bits per heavy atom. The van der Waals surface area contributed by atoms with Gasteiger partial charge < -0.3 is 11.1 Å². The van der Waals surface area contributed by atoms with E-state index in [2.05, 4.69) is 10.0 Å². The Bertz CT molecular complexity index is 697. The van der Waals surface area contributed by atoms with E-state index in [4.69, 9.17) is 5.73 Å². The number of para-hydroxylation sites is 1. The van der Waals surface area contributed by atoms with E-state index in [-0.39, 0.29) is 4.90 Å².